The number of fused-ring (bicyclic) bond motifs is 6. The highest BCUT2D eigenvalue weighted by Gasteiger charge is 2.63. The van der Waals surface area contributed by atoms with Crippen LogP contribution in [0.25, 0.3) is 76.8 Å². The first-order chi connectivity index (χ1) is 21.9. The summed E-state index contributed by atoms with van der Waals surface area (Å²) in [6, 6.07) is 35.3. The Balaban J connectivity index is 1.42. The molecule has 200 valence electrons. The molecule has 10 aromatic rings. The van der Waals surface area contributed by atoms with Gasteiger partial charge in [-0.25, -0.2) is 0 Å². The summed E-state index contributed by atoms with van der Waals surface area (Å²) < 4.78 is 16.9. The minimum atomic E-state index is -0.732. The molecule has 3 aliphatic heterocycles. The van der Waals surface area contributed by atoms with Crippen LogP contribution in [0.3, 0.4) is 0 Å². The standard InChI is InChI=1S/C38H19N5O/c1-2-9-26-21(6-1)24-7-4-18-40-36(24)42(26)27-10-3-11-28-31(27)38(40)32-29(44-28)15-14-23-22-13-12-20-16-17-39-33-25-8-5-19-41(38)37(25)43(35(23)32)34(22)30(20)33/h1-19H/q+2. The molecule has 0 saturated carbocycles. The van der Waals surface area contributed by atoms with Crippen molar-refractivity contribution in [1.29, 1.82) is 0 Å². The molecule has 0 radical (unpaired) electrons. The molecular formula is C38H19N5O+2. The molecule has 0 bridgehead atoms. The SMILES string of the molecule is c1cc2c3c(c1)-n1c4ccccc4c4ccc[n+](c41)C31c3c(ccc4c5ccc6ccnc7c8ccc[n+]1c8n(c34)c5c67)O2. The lowest BCUT2D eigenvalue weighted by atomic mass is 9.82. The van der Waals surface area contributed by atoms with Crippen molar-refractivity contribution in [2.24, 2.45) is 0 Å². The van der Waals surface area contributed by atoms with Crippen LogP contribution in [-0.2, 0) is 5.66 Å². The third kappa shape index (κ3) is 1.83. The first kappa shape index (κ1) is 20.8. The van der Waals surface area contributed by atoms with Crippen molar-refractivity contribution in [2.75, 3.05) is 0 Å². The summed E-state index contributed by atoms with van der Waals surface area (Å²) >= 11 is 0. The molecule has 44 heavy (non-hydrogen) atoms. The minimum Gasteiger partial charge on any atom is -0.456 e. The van der Waals surface area contributed by atoms with Crippen molar-refractivity contribution in [2.45, 2.75) is 5.66 Å². The maximum atomic E-state index is 6.93. The molecule has 13 rings (SSSR count). The maximum absolute atomic E-state index is 6.93. The molecule has 1 atom stereocenters. The fourth-order valence-electron chi connectivity index (χ4n) is 9.28. The fraction of sp³-hybridized carbons (Fsp3) is 0.0263. The molecule has 4 aromatic carbocycles. The Labute approximate surface area is 248 Å². The topological polar surface area (TPSA) is 39.2 Å². The molecule has 1 spiro atoms. The van der Waals surface area contributed by atoms with Gasteiger partial charge in [-0.1, -0.05) is 24.3 Å². The van der Waals surface area contributed by atoms with Gasteiger partial charge in [0, 0.05) is 22.4 Å². The van der Waals surface area contributed by atoms with E-state index >= 15 is 0 Å². The second-order valence-electron chi connectivity index (χ2n) is 12.4. The molecule has 9 heterocycles. The molecular weight excluding hydrogens is 542 g/mol. The number of hydrogen-bond acceptors (Lipinski definition) is 2. The van der Waals surface area contributed by atoms with Crippen molar-refractivity contribution >= 4 is 71.1 Å². The first-order valence-electron chi connectivity index (χ1n) is 15.1. The van der Waals surface area contributed by atoms with Gasteiger partial charge >= 0.3 is 11.3 Å². The summed E-state index contributed by atoms with van der Waals surface area (Å²) in [6.07, 6.45) is 6.48. The second kappa shape index (κ2) is 6.33. The first-order valence-corrected chi connectivity index (χ1v) is 15.1. The van der Waals surface area contributed by atoms with Crippen molar-refractivity contribution in [1.82, 2.24) is 14.0 Å². The maximum Gasteiger partial charge on any atom is 0.321 e. The van der Waals surface area contributed by atoms with Crippen molar-refractivity contribution in [3.63, 3.8) is 0 Å². The van der Waals surface area contributed by atoms with Crippen LogP contribution in [0.15, 0.2) is 116 Å². The number of benzene rings is 4. The van der Waals surface area contributed by atoms with E-state index in [0.717, 1.165) is 39.3 Å². The zero-order chi connectivity index (χ0) is 28.1. The van der Waals surface area contributed by atoms with Crippen LogP contribution < -0.4 is 13.9 Å². The summed E-state index contributed by atoms with van der Waals surface area (Å²) in [6.45, 7) is 0. The average Bonchev–Trinajstić information content (AvgIpc) is 3.60. The van der Waals surface area contributed by atoms with E-state index in [-0.39, 0.29) is 0 Å². The Morgan fingerprint density at radius 2 is 1.41 bits per heavy atom. The Morgan fingerprint density at radius 3 is 2.36 bits per heavy atom. The van der Waals surface area contributed by atoms with Crippen LogP contribution in [0.2, 0.25) is 0 Å². The third-order valence-corrected chi connectivity index (χ3v) is 10.7. The Morgan fingerprint density at radius 1 is 0.614 bits per heavy atom. The molecule has 3 aliphatic rings. The van der Waals surface area contributed by atoms with Gasteiger partial charge in [0.2, 0.25) is 0 Å². The lowest BCUT2D eigenvalue weighted by Gasteiger charge is -2.40. The highest BCUT2D eigenvalue weighted by atomic mass is 16.5. The number of para-hydroxylation sites is 1. The summed E-state index contributed by atoms with van der Waals surface area (Å²) in [5.41, 5.74) is 9.74. The van der Waals surface area contributed by atoms with Gasteiger partial charge in [0.15, 0.2) is 11.0 Å². The van der Waals surface area contributed by atoms with E-state index in [2.05, 4.69) is 128 Å². The van der Waals surface area contributed by atoms with E-state index in [1.807, 2.05) is 6.20 Å². The molecule has 6 heteroatoms. The molecule has 6 aromatic heterocycles. The number of nitrogens with zero attached hydrogens (tertiary/aromatic N) is 5. The molecule has 6 nitrogen and oxygen atoms in total. The number of ether oxygens (including phenoxy) is 1. The molecule has 0 N–H and O–H groups in total. The fourth-order valence-corrected chi connectivity index (χ4v) is 9.28. The number of hydrogen-bond donors (Lipinski definition) is 0. The Bertz CT molecular complexity index is 3040. The summed E-state index contributed by atoms with van der Waals surface area (Å²) in [7, 11) is 0. The lowest BCUT2D eigenvalue weighted by Crippen LogP contribution is -2.77. The van der Waals surface area contributed by atoms with Gasteiger partial charge in [-0.3, -0.25) is 4.98 Å². The van der Waals surface area contributed by atoms with Crippen LogP contribution >= 0.6 is 0 Å². The van der Waals surface area contributed by atoms with Gasteiger partial charge < -0.3 is 4.74 Å². The van der Waals surface area contributed by atoms with Crippen LogP contribution in [-0.4, -0.2) is 14.0 Å². The Kier molecular flexibility index (Phi) is 2.99. The largest absolute Gasteiger partial charge is 0.456 e. The zero-order valence-electron chi connectivity index (χ0n) is 23.1. The second-order valence-corrected chi connectivity index (χ2v) is 12.4. The summed E-state index contributed by atoms with van der Waals surface area (Å²) in [5.74, 6) is 1.78. The highest BCUT2D eigenvalue weighted by molar-refractivity contribution is 6.27. The molecule has 0 fully saturated rings. The minimum absolute atomic E-state index is 0.732. The zero-order valence-corrected chi connectivity index (χ0v) is 23.1. The van der Waals surface area contributed by atoms with Crippen LogP contribution in [0, 0.1) is 0 Å². The Hall–Kier alpha value is -6.01. The number of rotatable bonds is 0. The van der Waals surface area contributed by atoms with Gasteiger partial charge in [0.25, 0.3) is 5.65 Å². The third-order valence-electron chi connectivity index (χ3n) is 10.7. The van der Waals surface area contributed by atoms with Crippen molar-refractivity contribution in [3.05, 3.63) is 127 Å². The van der Waals surface area contributed by atoms with Crippen molar-refractivity contribution < 1.29 is 13.9 Å². The van der Waals surface area contributed by atoms with Crippen LogP contribution in [0.1, 0.15) is 11.1 Å². The highest BCUT2D eigenvalue weighted by Crippen LogP contribution is 2.56. The van der Waals surface area contributed by atoms with E-state index in [1.165, 1.54) is 60.1 Å². The molecule has 0 saturated heterocycles. The van der Waals surface area contributed by atoms with Gasteiger partial charge in [0.05, 0.1) is 34.1 Å². The summed E-state index contributed by atoms with van der Waals surface area (Å²) in [5, 5.41) is 8.53. The van der Waals surface area contributed by atoms with Crippen LogP contribution in [0.4, 0.5) is 0 Å². The van der Waals surface area contributed by atoms with Crippen molar-refractivity contribution in [3.8, 4) is 17.2 Å². The van der Waals surface area contributed by atoms with E-state index in [9.17, 15) is 0 Å². The average molecular weight is 562 g/mol. The smallest absolute Gasteiger partial charge is 0.321 e. The number of pyridine rings is 4. The molecule has 1 unspecified atom stereocenters. The van der Waals surface area contributed by atoms with E-state index in [0.29, 0.717) is 0 Å². The normalized spacial score (nSPS) is 17.4. The number of aromatic nitrogens is 5. The predicted molar refractivity (Wildman–Crippen MR) is 169 cm³/mol. The lowest BCUT2D eigenvalue weighted by molar-refractivity contribution is -0.954. The summed E-state index contributed by atoms with van der Waals surface area (Å²) in [4.78, 5) is 5.04. The molecule has 0 amide bonds. The monoisotopic (exact) mass is 561 g/mol. The van der Waals surface area contributed by atoms with E-state index < -0.39 is 5.66 Å². The quantitative estimate of drug-likeness (QED) is 0.113. The van der Waals surface area contributed by atoms with Gasteiger partial charge in [-0.05, 0) is 78.2 Å². The van der Waals surface area contributed by atoms with Crippen LogP contribution in [0.5, 0.6) is 11.5 Å². The van der Waals surface area contributed by atoms with Gasteiger partial charge in [-0.2, -0.15) is 18.1 Å². The van der Waals surface area contributed by atoms with E-state index in [1.54, 1.807) is 0 Å². The van der Waals surface area contributed by atoms with Gasteiger partial charge in [0.1, 0.15) is 33.8 Å². The predicted octanol–water partition coefficient (Wildman–Crippen LogP) is 7.09. The molecule has 0 aliphatic carbocycles. The van der Waals surface area contributed by atoms with Gasteiger partial charge in [-0.15, -0.1) is 0 Å². The van der Waals surface area contributed by atoms with E-state index in [4.69, 9.17) is 9.72 Å².